The molecule has 0 saturated carbocycles. The van der Waals surface area contributed by atoms with Crippen LogP contribution in [0.25, 0.3) is 43.7 Å². The second kappa shape index (κ2) is 5.86. The van der Waals surface area contributed by atoms with Crippen molar-refractivity contribution in [2.75, 3.05) is 0 Å². The maximum atomic E-state index is 2.29. The van der Waals surface area contributed by atoms with E-state index in [4.69, 9.17) is 0 Å². The Bertz CT molecular complexity index is 1400. The lowest BCUT2D eigenvalue weighted by molar-refractivity contribution is -0.510. The Morgan fingerprint density at radius 3 is 1.43 bits per heavy atom. The molecule has 6 rings (SSSR count). The maximum absolute atomic E-state index is 2.29. The summed E-state index contributed by atoms with van der Waals surface area (Å²) in [6.45, 7) is 0. The van der Waals surface area contributed by atoms with Crippen molar-refractivity contribution in [2.24, 2.45) is 0 Å². The van der Waals surface area contributed by atoms with Crippen LogP contribution in [0.15, 0.2) is 110 Å². The molecular formula is C26H18N2+2. The number of hydrogen-bond acceptors (Lipinski definition) is 0. The molecule has 0 bridgehead atoms. The number of rotatable bonds is 1. The predicted molar refractivity (Wildman–Crippen MR) is 113 cm³/mol. The minimum Gasteiger partial charge on any atom is -0.167 e. The average Bonchev–Trinajstić information content (AvgIpc) is 2.75. The third-order valence-corrected chi connectivity index (χ3v) is 5.52. The van der Waals surface area contributed by atoms with Gasteiger partial charge in [-0.3, -0.25) is 0 Å². The van der Waals surface area contributed by atoms with Gasteiger partial charge in [0, 0.05) is 47.2 Å². The van der Waals surface area contributed by atoms with Gasteiger partial charge in [0.25, 0.3) is 0 Å². The van der Waals surface area contributed by atoms with Gasteiger partial charge in [-0.25, -0.2) is 0 Å². The highest BCUT2D eigenvalue weighted by atomic mass is 14.8. The van der Waals surface area contributed by atoms with E-state index in [2.05, 4.69) is 119 Å². The molecule has 130 valence electrons. The second-order valence-electron chi connectivity index (χ2n) is 7.30. The molecule has 0 radical (unpaired) electrons. The van der Waals surface area contributed by atoms with Gasteiger partial charge in [-0.05, 0) is 58.3 Å². The quantitative estimate of drug-likeness (QED) is 0.284. The molecule has 0 aliphatic heterocycles. The van der Waals surface area contributed by atoms with Crippen LogP contribution in [0.3, 0.4) is 0 Å². The van der Waals surface area contributed by atoms with Gasteiger partial charge in [0.1, 0.15) is 0 Å². The Labute approximate surface area is 162 Å². The summed E-state index contributed by atoms with van der Waals surface area (Å²) in [5.74, 6) is 0. The third-order valence-electron chi connectivity index (χ3n) is 5.52. The molecule has 2 aromatic carbocycles. The molecule has 2 nitrogen and oxygen atoms in total. The summed E-state index contributed by atoms with van der Waals surface area (Å²) in [6.07, 6.45) is 8.57. The fourth-order valence-corrected chi connectivity index (χ4v) is 4.03. The molecule has 0 unspecified atom stereocenters. The Morgan fingerprint density at radius 1 is 0.429 bits per heavy atom. The van der Waals surface area contributed by atoms with E-state index < -0.39 is 0 Å². The largest absolute Gasteiger partial charge is 0.211 e. The van der Waals surface area contributed by atoms with Crippen molar-refractivity contribution in [3.8, 4) is 11.1 Å². The fourth-order valence-electron chi connectivity index (χ4n) is 4.03. The molecule has 0 amide bonds. The van der Waals surface area contributed by atoms with Crippen molar-refractivity contribution in [3.63, 3.8) is 0 Å². The fraction of sp³-hybridized carbons (Fsp3) is 0. The number of aromatic nitrogens is 2. The van der Waals surface area contributed by atoms with Gasteiger partial charge in [0.2, 0.25) is 11.0 Å². The summed E-state index contributed by atoms with van der Waals surface area (Å²) in [4.78, 5) is 0. The van der Waals surface area contributed by atoms with Gasteiger partial charge in [-0.1, -0.05) is 12.1 Å². The summed E-state index contributed by atoms with van der Waals surface area (Å²) in [7, 11) is 0. The topological polar surface area (TPSA) is 8.20 Å². The van der Waals surface area contributed by atoms with Crippen LogP contribution < -0.4 is 8.80 Å². The second-order valence-corrected chi connectivity index (χ2v) is 7.30. The number of pyridine rings is 4. The highest BCUT2D eigenvalue weighted by molar-refractivity contribution is 5.92. The Kier molecular flexibility index (Phi) is 3.20. The van der Waals surface area contributed by atoms with Crippen molar-refractivity contribution < 1.29 is 8.80 Å². The summed E-state index contributed by atoms with van der Waals surface area (Å²) in [5.41, 5.74) is 4.90. The van der Waals surface area contributed by atoms with E-state index in [9.17, 15) is 0 Å². The molecule has 2 heteroatoms. The maximum Gasteiger partial charge on any atom is 0.211 e. The molecular weight excluding hydrogens is 340 g/mol. The predicted octanol–water partition coefficient (Wildman–Crippen LogP) is 5.14. The molecule has 6 aromatic rings. The lowest BCUT2D eigenvalue weighted by atomic mass is 9.99. The Hall–Kier alpha value is -3.78. The van der Waals surface area contributed by atoms with Gasteiger partial charge >= 0.3 is 0 Å². The lowest BCUT2D eigenvalue weighted by Gasteiger charge is -2.06. The molecule has 0 aliphatic carbocycles. The zero-order chi connectivity index (χ0) is 18.5. The van der Waals surface area contributed by atoms with E-state index in [0.29, 0.717) is 0 Å². The number of hydrogen-bond donors (Lipinski definition) is 0. The first kappa shape index (κ1) is 15.3. The molecule has 4 aromatic heterocycles. The van der Waals surface area contributed by atoms with Crippen LogP contribution >= 0.6 is 0 Å². The average molecular weight is 358 g/mol. The van der Waals surface area contributed by atoms with E-state index in [1.807, 2.05) is 0 Å². The molecule has 28 heavy (non-hydrogen) atoms. The number of benzene rings is 2. The lowest BCUT2D eigenvalue weighted by Crippen LogP contribution is -2.19. The zero-order valence-corrected chi connectivity index (χ0v) is 15.3. The van der Waals surface area contributed by atoms with Crippen molar-refractivity contribution in [3.05, 3.63) is 110 Å². The first-order chi connectivity index (χ1) is 13.8. The molecule has 0 atom stereocenters. The monoisotopic (exact) mass is 358 g/mol. The van der Waals surface area contributed by atoms with Crippen LogP contribution in [-0.4, -0.2) is 0 Å². The number of fused-ring (bicyclic) bond motifs is 4. The summed E-state index contributed by atoms with van der Waals surface area (Å²) >= 11 is 0. The van der Waals surface area contributed by atoms with E-state index in [-0.39, 0.29) is 0 Å². The normalized spacial score (nSPS) is 11.6. The molecule has 0 N–H and O–H groups in total. The van der Waals surface area contributed by atoms with Crippen LogP contribution in [0.2, 0.25) is 0 Å². The van der Waals surface area contributed by atoms with Gasteiger partial charge in [0.05, 0.1) is 0 Å². The van der Waals surface area contributed by atoms with Gasteiger partial charge in [0.15, 0.2) is 24.8 Å². The van der Waals surface area contributed by atoms with Crippen molar-refractivity contribution in [1.82, 2.24) is 0 Å². The molecule has 0 aliphatic rings. The van der Waals surface area contributed by atoms with Crippen LogP contribution in [0.4, 0.5) is 0 Å². The van der Waals surface area contributed by atoms with Crippen molar-refractivity contribution in [1.29, 1.82) is 0 Å². The standard InChI is InChI=1S/C26H18N2/c1-3-11-27-17-21-9-7-19(13-23(21)15-25(27)5-1)20-8-10-22-18-28-12-4-2-6-26(28)16-24(22)14-20/h1-18H/q+2. The summed E-state index contributed by atoms with van der Waals surface area (Å²) in [5, 5.41) is 5.02. The van der Waals surface area contributed by atoms with Gasteiger partial charge in [-0.2, -0.15) is 8.80 Å². The highest BCUT2D eigenvalue weighted by Crippen LogP contribution is 2.27. The van der Waals surface area contributed by atoms with E-state index in [0.717, 1.165) is 0 Å². The highest BCUT2D eigenvalue weighted by Gasteiger charge is 2.09. The van der Waals surface area contributed by atoms with Crippen LogP contribution in [0.5, 0.6) is 0 Å². The minimum atomic E-state index is 1.20. The minimum absolute atomic E-state index is 1.20. The van der Waals surface area contributed by atoms with E-state index in [1.54, 1.807) is 0 Å². The number of nitrogens with zero attached hydrogens (tertiary/aromatic N) is 2. The smallest absolute Gasteiger partial charge is 0.167 e. The molecule has 0 saturated heterocycles. The Balaban J connectivity index is 1.53. The van der Waals surface area contributed by atoms with Crippen LogP contribution in [-0.2, 0) is 0 Å². The zero-order valence-electron chi connectivity index (χ0n) is 15.3. The first-order valence-corrected chi connectivity index (χ1v) is 9.52. The summed E-state index contributed by atoms with van der Waals surface area (Å²) in [6, 6.07) is 30.5. The third kappa shape index (κ3) is 2.43. The molecule has 0 fully saturated rings. The van der Waals surface area contributed by atoms with Crippen molar-refractivity contribution >= 4 is 32.6 Å². The van der Waals surface area contributed by atoms with Gasteiger partial charge < -0.3 is 0 Å². The SMILES string of the molecule is c1cc[n+]2cc3ccc(-c4ccc5c[n+]6ccccc6cc5c4)cc3cc2c1. The Morgan fingerprint density at radius 2 is 0.929 bits per heavy atom. The van der Waals surface area contributed by atoms with E-state index in [1.165, 1.54) is 43.7 Å². The van der Waals surface area contributed by atoms with Crippen LogP contribution in [0.1, 0.15) is 0 Å². The van der Waals surface area contributed by atoms with E-state index >= 15 is 0 Å². The molecule has 4 heterocycles. The molecule has 0 spiro atoms. The van der Waals surface area contributed by atoms with Gasteiger partial charge in [-0.15, -0.1) is 0 Å². The van der Waals surface area contributed by atoms with Crippen LogP contribution in [0, 0.1) is 0 Å². The van der Waals surface area contributed by atoms with Crippen molar-refractivity contribution in [2.45, 2.75) is 0 Å². The summed E-state index contributed by atoms with van der Waals surface area (Å²) < 4.78 is 4.33. The first-order valence-electron chi connectivity index (χ1n) is 9.52.